The molecule has 0 atom stereocenters. The smallest absolute Gasteiger partial charge is 0.141 e. The van der Waals surface area contributed by atoms with Gasteiger partial charge in [0.25, 0.3) is 0 Å². The molecular formula is C14H7ClFN3. The van der Waals surface area contributed by atoms with Crippen molar-refractivity contribution in [1.29, 1.82) is 5.26 Å². The summed E-state index contributed by atoms with van der Waals surface area (Å²) in [5, 5.41) is 8.90. The van der Waals surface area contributed by atoms with Gasteiger partial charge in [-0.15, -0.1) is 0 Å². The molecule has 0 amide bonds. The molecule has 0 unspecified atom stereocenters. The summed E-state index contributed by atoms with van der Waals surface area (Å²) in [6.07, 6.45) is 0. The summed E-state index contributed by atoms with van der Waals surface area (Å²) >= 11 is 5.75. The summed E-state index contributed by atoms with van der Waals surface area (Å²) in [4.78, 5) is 7.47. The summed E-state index contributed by atoms with van der Waals surface area (Å²) in [5.41, 5.74) is 2.75. The highest BCUT2D eigenvalue weighted by Crippen LogP contribution is 2.25. The molecule has 0 aliphatic heterocycles. The Morgan fingerprint density at radius 2 is 2.05 bits per heavy atom. The van der Waals surface area contributed by atoms with E-state index in [-0.39, 0.29) is 5.02 Å². The van der Waals surface area contributed by atoms with Crippen molar-refractivity contribution < 1.29 is 4.39 Å². The van der Waals surface area contributed by atoms with Crippen LogP contribution in [-0.2, 0) is 0 Å². The monoisotopic (exact) mass is 271 g/mol. The number of fused-ring (bicyclic) bond motifs is 1. The molecule has 19 heavy (non-hydrogen) atoms. The van der Waals surface area contributed by atoms with Crippen molar-refractivity contribution in [2.24, 2.45) is 0 Å². The minimum absolute atomic E-state index is 0.0515. The van der Waals surface area contributed by atoms with Crippen molar-refractivity contribution in [3.63, 3.8) is 0 Å². The molecule has 0 saturated carbocycles. The van der Waals surface area contributed by atoms with Gasteiger partial charge in [-0.25, -0.2) is 9.37 Å². The number of rotatable bonds is 1. The summed E-state index contributed by atoms with van der Waals surface area (Å²) in [5.74, 6) is 0.125. The molecule has 1 heterocycles. The minimum Gasteiger partial charge on any atom is -0.338 e. The average Bonchev–Trinajstić information content (AvgIpc) is 2.84. The summed E-state index contributed by atoms with van der Waals surface area (Å²) < 4.78 is 13.1. The number of aromatic amines is 1. The number of nitrogens with one attached hydrogen (secondary N) is 1. The average molecular weight is 272 g/mol. The molecule has 0 radical (unpaired) electrons. The molecular weight excluding hydrogens is 265 g/mol. The zero-order valence-electron chi connectivity index (χ0n) is 9.61. The van der Waals surface area contributed by atoms with Crippen LogP contribution >= 0.6 is 11.6 Å². The van der Waals surface area contributed by atoms with E-state index in [1.54, 1.807) is 24.3 Å². The molecule has 0 aliphatic carbocycles. The lowest BCUT2D eigenvalue weighted by molar-refractivity contribution is 0.628. The van der Waals surface area contributed by atoms with Gasteiger partial charge in [0.15, 0.2) is 0 Å². The van der Waals surface area contributed by atoms with E-state index in [0.717, 1.165) is 11.0 Å². The van der Waals surface area contributed by atoms with E-state index in [2.05, 4.69) is 16.0 Å². The molecule has 92 valence electrons. The van der Waals surface area contributed by atoms with Crippen LogP contribution in [0.4, 0.5) is 4.39 Å². The second-order valence-electron chi connectivity index (χ2n) is 4.06. The molecule has 0 fully saturated rings. The Hall–Kier alpha value is -2.38. The standard InChI is InChI=1S/C14H7ClFN3/c15-10-6-9(2-3-11(10)16)14-18-12-4-1-8(7-17)5-13(12)19-14/h1-6H,(H,18,19). The third kappa shape index (κ3) is 2.05. The van der Waals surface area contributed by atoms with Crippen LogP contribution in [0.2, 0.25) is 5.02 Å². The summed E-state index contributed by atoms with van der Waals surface area (Å²) in [6, 6.07) is 11.7. The fourth-order valence-electron chi connectivity index (χ4n) is 1.86. The van der Waals surface area contributed by atoms with Gasteiger partial charge in [-0.2, -0.15) is 5.26 Å². The molecule has 0 aliphatic rings. The number of aromatic nitrogens is 2. The SMILES string of the molecule is N#Cc1ccc2nc(-c3ccc(F)c(Cl)c3)[nH]c2c1. The van der Waals surface area contributed by atoms with Crippen molar-refractivity contribution >= 4 is 22.6 Å². The molecule has 3 rings (SSSR count). The second-order valence-corrected chi connectivity index (χ2v) is 4.47. The highest BCUT2D eigenvalue weighted by Gasteiger charge is 2.08. The Morgan fingerprint density at radius 3 is 2.79 bits per heavy atom. The molecule has 1 N–H and O–H groups in total. The third-order valence-electron chi connectivity index (χ3n) is 2.80. The fraction of sp³-hybridized carbons (Fsp3) is 0. The Balaban J connectivity index is 2.15. The first kappa shape index (κ1) is 11.7. The number of halogens is 2. The number of nitrogens with zero attached hydrogens (tertiary/aromatic N) is 2. The maximum absolute atomic E-state index is 13.1. The van der Waals surface area contributed by atoms with Crippen molar-refractivity contribution in [2.75, 3.05) is 0 Å². The van der Waals surface area contributed by atoms with Crippen LogP contribution in [0.15, 0.2) is 36.4 Å². The predicted molar refractivity (Wildman–Crippen MR) is 71.2 cm³/mol. The maximum Gasteiger partial charge on any atom is 0.141 e. The molecule has 0 saturated heterocycles. The molecule has 2 aromatic carbocycles. The van der Waals surface area contributed by atoms with E-state index in [1.807, 2.05) is 0 Å². The van der Waals surface area contributed by atoms with Gasteiger partial charge in [0.2, 0.25) is 0 Å². The van der Waals surface area contributed by atoms with E-state index in [9.17, 15) is 4.39 Å². The van der Waals surface area contributed by atoms with Crippen molar-refractivity contribution in [1.82, 2.24) is 9.97 Å². The van der Waals surface area contributed by atoms with Crippen LogP contribution in [-0.4, -0.2) is 9.97 Å². The highest BCUT2D eigenvalue weighted by molar-refractivity contribution is 6.31. The molecule has 1 aromatic heterocycles. The van der Waals surface area contributed by atoms with Gasteiger partial charge >= 0.3 is 0 Å². The first-order valence-corrected chi connectivity index (χ1v) is 5.90. The van der Waals surface area contributed by atoms with Gasteiger partial charge in [0.1, 0.15) is 11.6 Å². The third-order valence-corrected chi connectivity index (χ3v) is 3.09. The lowest BCUT2D eigenvalue weighted by atomic mass is 10.2. The molecule has 0 bridgehead atoms. The van der Waals surface area contributed by atoms with E-state index in [4.69, 9.17) is 16.9 Å². The van der Waals surface area contributed by atoms with Crippen LogP contribution in [0.3, 0.4) is 0 Å². The predicted octanol–water partition coefficient (Wildman–Crippen LogP) is 3.89. The molecule has 3 nitrogen and oxygen atoms in total. The Bertz CT molecular complexity index is 817. The summed E-state index contributed by atoms with van der Waals surface area (Å²) in [6.45, 7) is 0. The van der Waals surface area contributed by atoms with Gasteiger partial charge in [0.05, 0.1) is 27.7 Å². The molecule has 3 aromatic rings. The molecule has 0 spiro atoms. The van der Waals surface area contributed by atoms with Crippen molar-refractivity contribution in [3.8, 4) is 17.5 Å². The van der Waals surface area contributed by atoms with E-state index < -0.39 is 5.82 Å². The quantitative estimate of drug-likeness (QED) is 0.730. The first-order valence-electron chi connectivity index (χ1n) is 5.52. The summed E-state index contributed by atoms with van der Waals surface area (Å²) in [7, 11) is 0. The number of nitriles is 1. The van der Waals surface area contributed by atoms with Gasteiger partial charge in [-0.3, -0.25) is 0 Å². The van der Waals surface area contributed by atoms with Crippen molar-refractivity contribution in [3.05, 3.63) is 52.8 Å². The van der Waals surface area contributed by atoms with E-state index >= 15 is 0 Å². The van der Waals surface area contributed by atoms with Crippen LogP contribution < -0.4 is 0 Å². The van der Waals surface area contributed by atoms with E-state index in [0.29, 0.717) is 17.0 Å². The number of hydrogen-bond acceptors (Lipinski definition) is 2. The first-order chi connectivity index (χ1) is 9.17. The number of hydrogen-bond donors (Lipinski definition) is 1. The minimum atomic E-state index is -0.465. The van der Waals surface area contributed by atoms with Gasteiger partial charge in [-0.1, -0.05) is 11.6 Å². The number of H-pyrrole nitrogens is 1. The zero-order chi connectivity index (χ0) is 13.4. The molecule has 5 heteroatoms. The van der Waals surface area contributed by atoms with Gasteiger partial charge in [0, 0.05) is 5.56 Å². The lowest BCUT2D eigenvalue weighted by Gasteiger charge is -1.98. The van der Waals surface area contributed by atoms with Crippen LogP contribution in [0.5, 0.6) is 0 Å². The van der Waals surface area contributed by atoms with E-state index in [1.165, 1.54) is 12.1 Å². The Kier molecular flexibility index (Phi) is 2.69. The van der Waals surface area contributed by atoms with Crippen LogP contribution in [0.1, 0.15) is 5.56 Å². The number of imidazole rings is 1. The lowest BCUT2D eigenvalue weighted by Crippen LogP contribution is -1.82. The normalized spacial score (nSPS) is 10.6. The second kappa shape index (κ2) is 4.38. The fourth-order valence-corrected chi connectivity index (χ4v) is 2.04. The van der Waals surface area contributed by atoms with Crippen LogP contribution in [0, 0.1) is 17.1 Å². The van der Waals surface area contributed by atoms with Crippen molar-refractivity contribution in [2.45, 2.75) is 0 Å². The number of benzene rings is 2. The zero-order valence-corrected chi connectivity index (χ0v) is 10.4. The highest BCUT2D eigenvalue weighted by atomic mass is 35.5. The van der Waals surface area contributed by atoms with Gasteiger partial charge < -0.3 is 4.98 Å². The van der Waals surface area contributed by atoms with Gasteiger partial charge in [-0.05, 0) is 36.4 Å². The Morgan fingerprint density at radius 1 is 1.21 bits per heavy atom. The topological polar surface area (TPSA) is 52.5 Å². The van der Waals surface area contributed by atoms with Crippen LogP contribution in [0.25, 0.3) is 22.4 Å². The largest absolute Gasteiger partial charge is 0.338 e. The Labute approximate surface area is 113 Å². The maximum atomic E-state index is 13.1.